The number of hydrogen-bond acceptors (Lipinski definition) is 6. The molecule has 2 aromatic carbocycles. The minimum Gasteiger partial charge on any atom is -0.376 e. The number of rotatable bonds is 10. The van der Waals surface area contributed by atoms with Gasteiger partial charge in [-0.2, -0.15) is 0 Å². The average Bonchev–Trinajstić information content (AvgIpc) is 2.96. The summed E-state index contributed by atoms with van der Waals surface area (Å²) in [5, 5.41) is 1.74. The Morgan fingerprint density at radius 3 is 2.45 bits per heavy atom. The van der Waals surface area contributed by atoms with Crippen LogP contribution in [0.1, 0.15) is 32.3 Å². The van der Waals surface area contributed by atoms with Crippen LogP contribution in [-0.2, 0) is 21.4 Å². The highest BCUT2D eigenvalue weighted by Gasteiger charge is 2.33. The monoisotopic (exact) mass is 565 g/mol. The van der Waals surface area contributed by atoms with Gasteiger partial charge in [-0.1, -0.05) is 36.4 Å². The van der Waals surface area contributed by atoms with Crippen LogP contribution in [0.2, 0.25) is 0 Å². The van der Waals surface area contributed by atoms with Crippen LogP contribution in [0.4, 0.5) is 10.6 Å². The zero-order valence-corrected chi connectivity index (χ0v) is 24.1. The van der Waals surface area contributed by atoms with Crippen molar-refractivity contribution in [2.45, 2.75) is 44.2 Å². The number of pyridine rings is 1. The number of urea groups is 1. The van der Waals surface area contributed by atoms with Gasteiger partial charge in [-0.05, 0) is 61.8 Å². The quantitative estimate of drug-likeness (QED) is 0.398. The number of anilines is 1. The van der Waals surface area contributed by atoms with Crippen molar-refractivity contribution in [2.24, 2.45) is 5.92 Å². The normalized spacial score (nSPS) is 19.4. The van der Waals surface area contributed by atoms with Crippen molar-refractivity contribution in [2.75, 3.05) is 50.8 Å². The fourth-order valence-electron chi connectivity index (χ4n) is 5.53. The van der Waals surface area contributed by atoms with Crippen LogP contribution in [0.3, 0.4) is 0 Å². The largest absolute Gasteiger partial charge is 0.376 e. The Kier molecular flexibility index (Phi) is 8.87. The van der Waals surface area contributed by atoms with Gasteiger partial charge in [0.05, 0.1) is 11.5 Å². The van der Waals surface area contributed by atoms with E-state index in [0.717, 1.165) is 35.0 Å². The number of hydrogen-bond donors (Lipinski definition) is 1. The first-order valence-electron chi connectivity index (χ1n) is 14.2. The third kappa shape index (κ3) is 6.40. The molecule has 2 amide bonds. The van der Waals surface area contributed by atoms with Gasteiger partial charge in [-0.25, -0.2) is 22.9 Å². The lowest BCUT2D eigenvalue weighted by atomic mass is 9.81. The van der Waals surface area contributed by atoms with Crippen LogP contribution in [-0.4, -0.2) is 81.1 Å². The van der Waals surface area contributed by atoms with Crippen molar-refractivity contribution in [3.63, 3.8) is 0 Å². The molecule has 1 aliphatic heterocycles. The van der Waals surface area contributed by atoms with Gasteiger partial charge in [0.25, 0.3) is 0 Å². The third-order valence-electron chi connectivity index (χ3n) is 7.93. The summed E-state index contributed by atoms with van der Waals surface area (Å²) in [5.41, 5.74) is 1.14. The maximum Gasteiger partial charge on any atom is 0.320 e. The molecule has 1 N–H and O–H groups in total. The SMILES string of the molecule is CCN(CC)C(=O)N1CCN(c2nccc3ccc(S(=O)(=O)NC4CC(COCc5ccccc5)C4)cc23)CC1. The summed E-state index contributed by atoms with van der Waals surface area (Å²) in [7, 11) is -3.68. The first kappa shape index (κ1) is 28.3. The smallest absolute Gasteiger partial charge is 0.320 e. The Morgan fingerprint density at radius 2 is 1.75 bits per heavy atom. The molecule has 5 rings (SSSR count). The minimum absolute atomic E-state index is 0.0657. The van der Waals surface area contributed by atoms with Crippen LogP contribution < -0.4 is 9.62 Å². The molecule has 40 heavy (non-hydrogen) atoms. The van der Waals surface area contributed by atoms with Gasteiger partial charge in [0.2, 0.25) is 10.0 Å². The Balaban J connectivity index is 1.19. The molecule has 3 aromatic rings. The van der Waals surface area contributed by atoms with E-state index in [1.165, 1.54) is 0 Å². The summed E-state index contributed by atoms with van der Waals surface area (Å²) in [4.78, 5) is 23.5. The van der Waals surface area contributed by atoms with E-state index in [2.05, 4.69) is 14.6 Å². The van der Waals surface area contributed by atoms with E-state index in [1.54, 1.807) is 18.3 Å². The van der Waals surface area contributed by atoms with E-state index in [0.29, 0.717) is 58.4 Å². The first-order valence-corrected chi connectivity index (χ1v) is 15.7. The number of nitrogens with zero attached hydrogens (tertiary/aromatic N) is 4. The molecule has 0 atom stereocenters. The molecule has 1 aliphatic carbocycles. The fraction of sp³-hybridized carbons (Fsp3) is 0.467. The van der Waals surface area contributed by atoms with Gasteiger partial charge < -0.3 is 19.4 Å². The molecule has 1 saturated carbocycles. The number of sulfonamides is 1. The van der Waals surface area contributed by atoms with Gasteiger partial charge in [0.15, 0.2) is 0 Å². The Bertz CT molecular complexity index is 1400. The average molecular weight is 566 g/mol. The number of ether oxygens (including phenoxy) is 1. The molecule has 2 fully saturated rings. The molecular weight excluding hydrogens is 526 g/mol. The lowest BCUT2D eigenvalue weighted by Gasteiger charge is -2.38. The van der Waals surface area contributed by atoms with Crippen molar-refractivity contribution in [3.8, 4) is 0 Å². The lowest BCUT2D eigenvalue weighted by molar-refractivity contribution is 0.0493. The summed E-state index contributed by atoms with van der Waals surface area (Å²) in [5.74, 6) is 1.11. The van der Waals surface area contributed by atoms with Gasteiger partial charge in [-0.15, -0.1) is 0 Å². The summed E-state index contributed by atoms with van der Waals surface area (Å²) in [6, 6.07) is 17.2. The van der Waals surface area contributed by atoms with Crippen molar-refractivity contribution in [1.29, 1.82) is 0 Å². The summed E-state index contributed by atoms with van der Waals surface area (Å²) >= 11 is 0. The Hall–Kier alpha value is -3.21. The second-order valence-corrected chi connectivity index (χ2v) is 12.3. The van der Waals surface area contributed by atoms with E-state index in [4.69, 9.17) is 4.74 Å². The van der Waals surface area contributed by atoms with Gasteiger partial charge in [0, 0.05) is 63.5 Å². The molecule has 0 bridgehead atoms. The van der Waals surface area contributed by atoms with Crippen LogP contribution in [0.25, 0.3) is 10.8 Å². The van der Waals surface area contributed by atoms with Gasteiger partial charge in [0.1, 0.15) is 5.82 Å². The minimum atomic E-state index is -3.68. The predicted octanol–water partition coefficient (Wildman–Crippen LogP) is 4.09. The van der Waals surface area contributed by atoms with Crippen LogP contribution in [0.15, 0.2) is 65.7 Å². The van der Waals surface area contributed by atoms with Crippen LogP contribution >= 0.6 is 0 Å². The number of amides is 2. The van der Waals surface area contributed by atoms with Crippen LogP contribution in [0.5, 0.6) is 0 Å². The zero-order valence-electron chi connectivity index (χ0n) is 23.3. The summed E-state index contributed by atoms with van der Waals surface area (Å²) in [6.07, 6.45) is 3.29. The number of aromatic nitrogens is 1. The standard InChI is InChI=1S/C30H39N5O4S/c1-3-33(4-2)30(36)35-16-14-34(15-17-35)29-28-20-27(11-10-25(28)12-13-31-29)40(37,38)32-26-18-24(19-26)22-39-21-23-8-6-5-7-9-23/h5-13,20,24,26,32H,3-4,14-19,21-22H2,1-2H3. The van der Waals surface area contributed by atoms with Crippen molar-refractivity contribution >= 4 is 32.6 Å². The van der Waals surface area contributed by atoms with E-state index >= 15 is 0 Å². The third-order valence-corrected chi connectivity index (χ3v) is 9.45. The highest BCUT2D eigenvalue weighted by molar-refractivity contribution is 7.89. The number of carbonyl (C=O) groups excluding carboxylic acids is 1. The highest BCUT2D eigenvalue weighted by Crippen LogP contribution is 2.31. The van der Waals surface area contributed by atoms with Crippen molar-refractivity contribution in [1.82, 2.24) is 19.5 Å². The van der Waals surface area contributed by atoms with Gasteiger partial charge in [-0.3, -0.25) is 0 Å². The van der Waals surface area contributed by atoms with E-state index in [1.807, 2.05) is 66.1 Å². The van der Waals surface area contributed by atoms with E-state index < -0.39 is 10.0 Å². The Labute approximate surface area is 237 Å². The molecule has 1 saturated heterocycles. The summed E-state index contributed by atoms with van der Waals surface area (Å²) in [6.45, 7) is 9.05. The van der Waals surface area contributed by atoms with E-state index in [-0.39, 0.29) is 17.0 Å². The number of piperazine rings is 1. The molecule has 0 spiro atoms. The number of benzene rings is 2. The molecule has 10 heteroatoms. The molecular formula is C30H39N5O4S. The van der Waals surface area contributed by atoms with Crippen molar-refractivity contribution < 1.29 is 17.9 Å². The second-order valence-electron chi connectivity index (χ2n) is 10.6. The maximum atomic E-state index is 13.3. The number of fused-ring (bicyclic) bond motifs is 1. The molecule has 2 aliphatic rings. The zero-order chi connectivity index (χ0) is 28.1. The summed E-state index contributed by atoms with van der Waals surface area (Å²) < 4.78 is 35.3. The molecule has 0 unspecified atom stereocenters. The van der Waals surface area contributed by atoms with Crippen molar-refractivity contribution in [3.05, 3.63) is 66.4 Å². The first-order chi connectivity index (χ1) is 19.4. The topological polar surface area (TPSA) is 95.1 Å². The van der Waals surface area contributed by atoms with Gasteiger partial charge >= 0.3 is 6.03 Å². The molecule has 0 radical (unpaired) electrons. The maximum absolute atomic E-state index is 13.3. The van der Waals surface area contributed by atoms with Crippen LogP contribution in [0, 0.1) is 5.92 Å². The highest BCUT2D eigenvalue weighted by atomic mass is 32.2. The van der Waals surface area contributed by atoms with E-state index in [9.17, 15) is 13.2 Å². The molecule has 1 aromatic heterocycles. The number of carbonyl (C=O) groups is 1. The Morgan fingerprint density at radius 1 is 1.02 bits per heavy atom. The molecule has 2 heterocycles. The number of nitrogens with one attached hydrogen (secondary N) is 1. The fourth-order valence-corrected chi connectivity index (χ4v) is 6.82. The molecule has 214 valence electrons. The molecule has 9 nitrogen and oxygen atoms in total. The predicted molar refractivity (Wildman–Crippen MR) is 157 cm³/mol. The lowest BCUT2D eigenvalue weighted by Crippen LogP contribution is -2.53. The second kappa shape index (κ2) is 12.5.